The molecule has 9 rings (SSSR count). The van der Waals surface area contributed by atoms with E-state index in [9.17, 15) is 4.79 Å². The molecule has 2 atom stereocenters. The molecule has 1 aliphatic heterocycles. The standard InChI is InChI=1S/C36H44N4O8/c1-42-30-8-7-23(29-19-37-39-40(29)26-16-31(43-2)33(45-4)32(17-26)44-3)15-28(30)38-34(41)47-27-6-5-9-35(18-27)46-20-36(48-35)24-11-21-10-22(13-24)14-25(36)12-21/h7-8,15-17,19,21-22,24-25,27H,5-6,9-14,18,20H2,1-4H3,(H,38,41). The molecule has 12 nitrogen and oxygen atoms in total. The van der Waals surface area contributed by atoms with Gasteiger partial charge in [0.25, 0.3) is 0 Å². The van der Waals surface area contributed by atoms with Crippen molar-refractivity contribution in [1.29, 1.82) is 0 Å². The predicted molar refractivity (Wildman–Crippen MR) is 175 cm³/mol. The van der Waals surface area contributed by atoms with Crippen molar-refractivity contribution >= 4 is 11.8 Å². The molecule has 2 spiro atoms. The summed E-state index contributed by atoms with van der Waals surface area (Å²) in [7, 11) is 6.24. The van der Waals surface area contributed by atoms with Gasteiger partial charge in [-0.2, -0.15) is 0 Å². The van der Waals surface area contributed by atoms with Crippen LogP contribution in [-0.4, -0.2) is 73.6 Å². The number of hydrogen-bond donors (Lipinski definition) is 1. The third-order valence-corrected chi connectivity index (χ3v) is 11.5. The molecule has 2 heterocycles. The SMILES string of the molecule is COc1ccc(-c2cnnn2-c2cc(OC)c(OC)c(OC)c2)cc1NC(=O)OC1CCCC2(C1)OCC1(O2)C2CC3CC(C2)CC1C3. The van der Waals surface area contributed by atoms with Gasteiger partial charge >= 0.3 is 6.09 Å². The van der Waals surface area contributed by atoms with Crippen LogP contribution in [0.4, 0.5) is 10.5 Å². The highest BCUT2D eigenvalue weighted by Gasteiger charge is 2.64. The molecule has 2 aromatic carbocycles. The van der Waals surface area contributed by atoms with Gasteiger partial charge in [-0.05, 0) is 86.8 Å². The zero-order valence-corrected chi connectivity index (χ0v) is 28.0. The first-order valence-corrected chi connectivity index (χ1v) is 17.1. The van der Waals surface area contributed by atoms with Crippen molar-refractivity contribution in [3.8, 4) is 39.9 Å². The normalized spacial score (nSPS) is 31.6. The Morgan fingerprint density at radius 2 is 1.62 bits per heavy atom. The summed E-state index contributed by atoms with van der Waals surface area (Å²) in [5, 5.41) is 11.4. The smallest absolute Gasteiger partial charge is 0.412 e. The fourth-order valence-corrected chi connectivity index (χ4v) is 9.58. The average molecular weight is 661 g/mol. The molecule has 5 aliphatic carbocycles. The molecule has 1 aromatic heterocycles. The Hall–Kier alpha value is -4.03. The highest BCUT2D eigenvalue weighted by atomic mass is 16.8. The van der Waals surface area contributed by atoms with Crippen LogP contribution in [-0.2, 0) is 14.2 Å². The van der Waals surface area contributed by atoms with E-state index in [1.807, 2.05) is 12.1 Å². The summed E-state index contributed by atoms with van der Waals surface area (Å²) in [6.45, 7) is 0.673. The number of amides is 1. The Balaban J connectivity index is 0.980. The molecule has 1 N–H and O–H groups in total. The molecule has 2 unspecified atom stereocenters. The molecule has 6 aliphatic rings. The average Bonchev–Trinajstić information content (AvgIpc) is 3.72. The number of methoxy groups -OCH3 is 4. The van der Waals surface area contributed by atoms with E-state index in [4.69, 9.17) is 33.2 Å². The van der Waals surface area contributed by atoms with Gasteiger partial charge in [-0.25, -0.2) is 9.48 Å². The van der Waals surface area contributed by atoms with E-state index in [0.717, 1.165) is 36.7 Å². The molecule has 256 valence electrons. The van der Waals surface area contributed by atoms with Crippen LogP contribution >= 0.6 is 0 Å². The summed E-state index contributed by atoms with van der Waals surface area (Å²) in [6, 6.07) is 9.06. The van der Waals surface area contributed by atoms with Crippen LogP contribution in [0.15, 0.2) is 36.5 Å². The van der Waals surface area contributed by atoms with Crippen LogP contribution in [0.3, 0.4) is 0 Å². The zero-order chi connectivity index (χ0) is 33.0. The monoisotopic (exact) mass is 660 g/mol. The maximum atomic E-state index is 13.4. The number of hydrogen-bond acceptors (Lipinski definition) is 10. The number of carbonyl (C=O) groups excluding carboxylic acids is 1. The number of aromatic nitrogens is 3. The first kappa shape index (κ1) is 31.3. The lowest BCUT2D eigenvalue weighted by molar-refractivity contribution is -0.259. The Kier molecular flexibility index (Phi) is 7.90. The van der Waals surface area contributed by atoms with Crippen LogP contribution < -0.4 is 24.3 Å². The van der Waals surface area contributed by atoms with Gasteiger partial charge in [0.1, 0.15) is 17.5 Å². The Bertz CT molecular complexity index is 1640. The number of anilines is 1. The van der Waals surface area contributed by atoms with Crippen molar-refractivity contribution in [2.75, 3.05) is 40.4 Å². The van der Waals surface area contributed by atoms with Crippen molar-refractivity contribution < 1.29 is 38.0 Å². The van der Waals surface area contributed by atoms with Crippen LogP contribution in [0.5, 0.6) is 23.0 Å². The van der Waals surface area contributed by atoms with Crippen LogP contribution in [0.2, 0.25) is 0 Å². The van der Waals surface area contributed by atoms with Crippen LogP contribution in [0.25, 0.3) is 16.9 Å². The highest BCUT2D eigenvalue weighted by molar-refractivity contribution is 5.88. The summed E-state index contributed by atoms with van der Waals surface area (Å²) < 4.78 is 43.5. The minimum Gasteiger partial charge on any atom is -0.495 e. The highest BCUT2D eigenvalue weighted by Crippen LogP contribution is 2.63. The first-order valence-electron chi connectivity index (χ1n) is 17.1. The van der Waals surface area contributed by atoms with Gasteiger partial charge < -0.3 is 33.2 Å². The largest absolute Gasteiger partial charge is 0.495 e. The number of benzene rings is 2. The lowest BCUT2D eigenvalue weighted by atomic mass is 9.50. The fourth-order valence-electron chi connectivity index (χ4n) is 9.58. The second-order valence-electron chi connectivity index (χ2n) is 14.1. The second kappa shape index (κ2) is 12.1. The summed E-state index contributed by atoms with van der Waals surface area (Å²) in [5.41, 5.74) is 2.38. The topological polar surface area (TPSA) is 124 Å². The van der Waals surface area contributed by atoms with Gasteiger partial charge in [-0.15, -0.1) is 5.10 Å². The number of nitrogens with zero attached hydrogens (tertiary/aromatic N) is 3. The third kappa shape index (κ3) is 5.24. The van der Waals surface area contributed by atoms with E-state index in [2.05, 4.69) is 15.6 Å². The van der Waals surface area contributed by atoms with Crippen LogP contribution in [0, 0.1) is 23.7 Å². The Labute approximate surface area is 280 Å². The maximum absolute atomic E-state index is 13.4. The quantitative estimate of drug-likeness (QED) is 0.290. The molecular weight excluding hydrogens is 616 g/mol. The Morgan fingerprint density at radius 3 is 2.29 bits per heavy atom. The van der Waals surface area contributed by atoms with Crippen LogP contribution in [0.1, 0.15) is 57.8 Å². The molecule has 4 bridgehead atoms. The lowest BCUT2D eigenvalue weighted by Gasteiger charge is -2.59. The van der Waals surface area contributed by atoms with Crippen molar-refractivity contribution in [1.82, 2.24) is 15.0 Å². The van der Waals surface area contributed by atoms with Gasteiger partial charge in [-0.1, -0.05) is 5.21 Å². The summed E-state index contributed by atoms with van der Waals surface area (Å²) in [5.74, 6) is 4.19. The van der Waals surface area contributed by atoms with Gasteiger partial charge in [-0.3, -0.25) is 5.32 Å². The summed E-state index contributed by atoms with van der Waals surface area (Å²) in [4.78, 5) is 13.4. The van der Waals surface area contributed by atoms with Crippen molar-refractivity contribution in [2.24, 2.45) is 23.7 Å². The number of nitrogens with one attached hydrogen (secondary N) is 1. The molecule has 1 amide bonds. The Morgan fingerprint density at radius 1 is 0.917 bits per heavy atom. The molecule has 1 saturated heterocycles. The first-order chi connectivity index (χ1) is 23.4. The summed E-state index contributed by atoms with van der Waals surface area (Å²) in [6.07, 6.45) is 10.3. The minimum absolute atomic E-state index is 0.158. The van der Waals surface area contributed by atoms with Gasteiger partial charge in [0.15, 0.2) is 17.3 Å². The number of ether oxygens (including phenoxy) is 7. The predicted octanol–water partition coefficient (Wildman–Crippen LogP) is 6.40. The molecule has 48 heavy (non-hydrogen) atoms. The summed E-state index contributed by atoms with van der Waals surface area (Å²) >= 11 is 0. The van der Waals surface area contributed by atoms with E-state index < -0.39 is 11.9 Å². The molecular formula is C36H44N4O8. The molecule has 12 heteroatoms. The van der Waals surface area contributed by atoms with Gasteiger partial charge in [0, 0.05) is 30.5 Å². The third-order valence-electron chi connectivity index (χ3n) is 11.5. The van der Waals surface area contributed by atoms with E-state index >= 15 is 0 Å². The number of rotatable bonds is 8. The van der Waals surface area contributed by atoms with E-state index in [1.54, 1.807) is 57.5 Å². The van der Waals surface area contributed by atoms with Crippen molar-refractivity contribution in [3.05, 3.63) is 36.5 Å². The molecule has 3 aromatic rings. The van der Waals surface area contributed by atoms with E-state index in [-0.39, 0.29) is 11.7 Å². The lowest BCUT2D eigenvalue weighted by Crippen LogP contribution is -2.60. The second-order valence-corrected chi connectivity index (χ2v) is 14.1. The van der Waals surface area contributed by atoms with Crippen molar-refractivity contribution in [3.63, 3.8) is 0 Å². The van der Waals surface area contributed by atoms with Crippen molar-refractivity contribution in [2.45, 2.75) is 75.3 Å². The maximum Gasteiger partial charge on any atom is 0.412 e. The molecule has 6 fully saturated rings. The molecule has 0 radical (unpaired) electrons. The van der Waals surface area contributed by atoms with E-state index in [1.165, 1.54) is 32.1 Å². The van der Waals surface area contributed by atoms with Gasteiger partial charge in [0.05, 0.1) is 58.3 Å². The zero-order valence-electron chi connectivity index (χ0n) is 28.0. The van der Waals surface area contributed by atoms with E-state index in [0.29, 0.717) is 64.9 Å². The fraction of sp³-hybridized carbons (Fsp3) is 0.583. The molecule has 5 saturated carbocycles. The number of carbonyl (C=O) groups is 1. The minimum atomic E-state index is -0.672. The van der Waals surface area contributed by atoms with Gasteiger partial charge in [0.2, 0.25) is 5.75 Å².